The van der Waals surface area contributed by atoms with Crippen molar-refractivity contribution in [1.29, 1.82) is 0 Å². The van der Waals surface area contributed by atoms with Crippen LogP contribution in [0.2, 0.25) is 0 Å². The molecule has 0 bridgehead atoms. The van der Waals surface area contributed by atoms with Crippen LogP contribution in [0.25, 0.3) is 0 Å². The molecular formula is C28H28Si. The lowest BCUT2D eigenvalue weighted by Crippen LogP contribution is -2.55. The van der Waals surface area contributed by atoms with E-state index in [2.05, 4.69) is 0 Å². The van der Waals surface area contributed by atoms with Gasteiger partial charge >= 0.3 is 0 Å². The van der Waals surface area contributed by atoms with Crippen LogP contribution in [-0.2, 0) is 18.1 Å². The Morgan fingerprint density at radius 3 is 1.55 bits per heavy atom. The third kappa shape index (κ3) is 4.93. The first-order valence-electron chi connectivity index (χ1n) is 18.4. The Morgan fingerprint density at radius 2 is 1.00 bits per heavy atom. The van der Waals surface area contributed by atoms with E-state index in [-0.39, 0.29) is 33.5 Å². The van der Waals surface area contributed by atoms with E-state index in [0.29, 0.717) is 0 Å². The predicted molar refractivity (Wildman–Crippen MR) is 127 cm³/mol. The van der Waals surface area contributed by atoms with Crippen molar-refractivity contribution in [3.63, 3.8) is 0 Å². The summed E-state index contributed by atoms with van der Waals surface area (Å²) in [6, 6.07) is -14.7. The lowest BCUT2D eigenvalue weighted by atomic mass is 10.2. The molecule has 0 saturated heterocycles. The predicted octanol–water partition coefficient (Wildman–Crippen LogP) is 6.00. The summed E-state index contributed by atoms with van der Waals surface area (Å²) in [4.78, 5) is 0. The fraction of sp³-hybridized carbons (Fsp3) is 0.143. The molecule has 0 fully saturated rings. The van der Waals surface area contributed by atoms with Gasteiger partial charge in [0.15, 0.2) is 0 Å². The Morgan fingerprint density at radius 1 is 0.552 bits per heavy atom. The van der Waals surface area contributed by atoms with Gasteiger partial charge in [-0.2, -0.15) is 0 Å². The van der Waals surface area contributed by atoms with E-state index in [1.54, 1.807) is 0 Å². The van der Waals surface area contributed by atoms with Crippen LogP contribution >= 0.6 is 0 Å². The highest BCUT2D eigenvalue weighted by molar-refractivity contribution is 6.90. The number of hydrogen-bond donors (Lipinski definition) is 0. The van der Waals surface area contributed by atoms with Crippen LogP contribution in [0.1, 0.15) is 48.3 Å². The molecule has 0 atom stereocenters. The smallest absolute Gasteiger partial charge is 0.0630 e. The Bertz CT molecular complexity index is 1730. The maximum atomic E-state index is 8.97. The molecule has 1 heteroatoms. The molecule has 0 unspecified atom stereocenters. The lowest BCUT2D eigenvalue weighted by molar-refractivity contribution is 1.14. The highest BCUT2D eigenvalue weighted by Crippen LogP contribution is 2.23. The summed E-state index contributed by atoms with van der Waals surface area (Å²) in [5.74, 6) is 0. The monoisotopic (exact) mass is 411 g/mol. The Labute approximate surface area is 202 Å². The number of hydrogen-bond acceptors (Lipinski definition) is 0. The Hall–Kier alpha value is -2.90. The van der Waals surface area contributed by atoms with Crippen LogP contribution in [0.3, 0.4) is 0 Å². The molecule has 0 radical (unpaired) electrons. The van der Waals surface area contributed by atoms with Gasteiger partial charge in [-0.25, -0.2) is 0 Å². The largest absolute Gasteiger partial charge is 0.0995 e. The first-order valence-corrected chi connectivity index (χ1v) is 11.5. The minimum atomic E-state index is -4.47. The molecule has 0 aliphatic rings. The van der Waals surface area contributed by atoms with Gasteiger partial charge in [-0.05, 0) is 25.1 Å². The second-order valence-electron chi connectivity index (χ2n) is 6.62. The fourth-order valence-electron chi connectivity index (χ4n) is 3.29. The zero-order valence-electron chi connectivity index (χ0n) is 34.6. The summed E-state index contributed by atoms with van der Waals surface area (Å²) in [5, 5.41) is -0.384. The van der Waals surface area contributed by atoms with Crippen molar-refractivity contribution in [3.8, 4) is 0 Å². The summed E-state index contributed by atoms with van der Waals surface area (Å²) in [6.45, 7) is 1.37. The van der Waals surface area contributed by atoms with Crippen LogP contribution in [0.4, 0.5) is 0 Å². The average molecular weight is 412 g/mol. The second-order valence-corrected chi connectivity index (χ2v) is 10.7. The van der Waals surface area contributed by atoms with Crippen LogP contribution in [-0.4, -0.2) is 8.07 Å². The molecule has 0 N–H and O–H groups in total. The molecule has 0 amide bonds. The van der Waals surface area contributed by atoms with Gasteiger partial charge in [0.1, 0.15) is 0 Å². The highest BCUT2D eigenvalue weighted by Gasteiger charge is 2.35. The normalized spacial score (nSPS) is 20.5. The van der Waals surface area contributed by atoms with Gasteiger partial charge in [0.05, 0.1) is 34.1 Å². The zero-order chi connectivity index (χ0) is 36.5. The molecular weight excluding hydrogens is 364 g/mol. The van der Waals surface area contributed by atoms with Gasteiger partial charge in [-0.3, -0.25) is 0 Å². The highest BCUT2D eigenvalue weighted by atomic mass is 28.3. The quantitative estimate of drug-likeness (QED) is 0.327. The Kier molecular flexibility index (Phi) is 2.22. The van der Waals surface area contributed by atoms with Crippen LogP contribution in [0.5, 0.6) is 0 Å². The number of benzene rings is 4. The van der Waals surface area contributed by atoms with Crippen molar-refractivity contribution < 1.29 is 26.0 Å². The van der Waals surface area contributed by atoms with E-state index >= 15 is 0 Å². The minimum Gasteiger partial charge on any atom is -0.0630 e. The van der Waals surface area contributed by atoms with Gasteiger partial charge in [-0.1, -0.05) is 142 Å². The molecule has 0 aliphatic carbocycles. The zero-order valence-corrected chi connectivity index (χ0v) is 16.6. The van der Waals surface area contributed by atoms with Gasteiger partial charge in [-0.15, -0.1) is 0 Å². The molecule has 4 aromatic carbocycles. The van der Waals surface area contributed by atoms with Crippen molar-refractivity contribution in [3.05, 3.63) is 137 Å². The average Bonchev–Trinajstić information content (AvgIpc) is 3.06. The van der Waals surface area contributed by atoms with E-state index in [1.807, 2.05) is 0 Å². The SMILES string of the molecule is [2H]c1c([2H])c([2H])c(C[Si](Cc2c([2H])c([2H])c([2H])c([2H])c2[2H])(Cc2c([2H])c([2H])c([2H])c(C)c2[2H])c2c([2H])c([2H])c([2H])c([2H])c2[2H])c([2H])c1[2H]. The molecule has 0 saturated carbocycles. The minimum absolute atomic E-state index is 0.0134. The Balaban J connectivity index is 2.31. The van der Waals surface area contributed by atoms with Crippen molar-refractivity contribution >= 4 is 13.3 Å². The van der Waals surface area contributed by atoms with Crippen LogP contribution in [0, 0.1) is 6.92 Å². The molecule has 0 aliphatic heterocycles. The van der Waals surface area contributed by atoms with Crippen LogP contribution < -0.4 is 5.19 Å². The van der Waals surface area contributed by atoms with E-state index in [1.165, 1.54) is 6.92 Å². The molecule has 29 heavy (non-hydrogen) atoms. The molecule has 0 aromatic heterocycles. The lowest BCUT2D eigenvalue weighted by Gasteiger charge is -2.33. The summed E-state index contributed by atoms with van der Waals surface area (Å²) < 4.78 is 161. The van der Waals surface area contributed by atoms with E-state index < -0.39 is 135 Å². The van der Waals surface area contributed by atoms with Crippen molar-refractivity contribution in [2.24, 2.45) is 0 Å². The maximum Gasteiger partial charge on any atom is 0.0995 e. The van der Waals surface area contributed by atoms with E-state index in [9.17, 15) is 0 Å². The molecule has 4 rings (SSSR count). The van der Waals surface area contributed by atoms with Gasteiger partial charge in [0.2, 0.25) is 0 Å². The standard InChI is InChI=1S/C28H28Si/c1-24-12-11-17-27(20-24)23-29(28-18-9-4-10-19-28,21-25-13-5-2-6-14-25)22-26-15-7-3-8-16-26/h2-20H,21-23H2,1H3/i2D,3D,4D,5D,6D,7D,8D,9D,10D,11D,12D,13D,14D,15D,16D,17D,18D,19D,20D. The fourth-order valence-corrected chi connectivity index (χ4v) is 7.41. The summed E-state index contributed by atoms with van der Waals surface area (Å²) in [5.41, 5.74) is -0.901. The summed E-state index contributed by atoms with van der Waals surface area (Å²) in [7, 11) is -4.47. The second kappa shape index (κ2) is 9.06. The topological polar surface area (TPSA) is 0 Å². The van der Waals surface area contributed by atoms with Crippen molar-refractivity contribution in [2.75, 3.05) is 0 Å². The molecule has 0 nitrogen and oxygen atoms in total. The van der Waals surface area contributed by atoms with Gasteiger partial charge < -0.3 is 0 Å². The molecule has 0 heterocycles. The van der Waals surface area contributed by atoms with E-state index in [0.717, 1.165) is 0 Å². The molecule has 4 aromatic rings. The van der Waals surface area contributed by atoms with Crippen LogP contribution in [0.15, 0.2) is 115 Å². The molecule has 0 spiro atoms. The van der Waals surface area contributed by atoms with Gasteiger partial charge in [0, 0.05) is 0 Å². The first-order chi connectivity index (χ1) is 22.1. The summed E-state index contributed by atoms with van der Waals surface area (Å²) >= 11 is 0. The molecule has 144 valence electrons. The van der Waals surface area contributed by atoms with E-state index in [4.69, 9.17) is 26.0 Å². The van der Waals surface area contributed by atoms with Crippen molar-refractivity contribution in [2.45, 2.75) is 25.1 Å². The third-order valence-electron chi connectivity index (χ3n) is 4.48. The number of rotatable bonds is 7. The van der Waals surface area contributed by atoms with Crippen molar-refractivity contribution in [1.82, 2.24) is 0 Å². The third-order valence-corrected chi connectivity index (χ3v) is 8.88. The maximum absolute atomic E-state index is 8.97. The first kappa shape index (κ1) is 7.11. The van der Waals surface area contributed by atoms with Gasteiger partial charge in [0.25, 0.3) is 0 Å². The summed E-state index contributed by atoms with van der Waals surface area (Å²) in [6.07, 6.45) is 0.